The quantitative estimate of drug-likeness (QED) is 0.829. The van der Waals surface area contributed by atoms with Crippen molar-refractivity contribution in [3.8, 4) is 0 Å². The van der Waals surface area contributed by atoms with E-state index < -0.39 is 0 Å². The first-order chi connectivity index (χ1) is 8.52. The Balaban J connectivity index is 2.47. The minimum Gasteiger partial charge on any atom is -0.352 e. The highest BCUT2D eigenvalue weighted by atomic mass is 16.2. The van der Waals surface area contributed by atoms with Gasteiger partial charge in [0.2, 0.25) is 5.91 Å². The van der Waals surface area contributed by atoms with Crippen LogP contribution in [0.25, 0.3) is 0 Å². The molecule has 0 fully saturated rings. The highest BCUT2D eigenvalue weighted by Gasteiger charge is 2.08. The summed E-state index contributed by atoms with van der Waals surface area (Å²) in [5.74, 6) is -0.403. The van der Waals surface area contributed by atoms with Crippen LogP contribution >= 0.6 is 0 Å². The molecule has 0 saturated heterocycles. The van der Waals surface area contributed by atoms with Gasteiger partial charge in [0.1, 0.15) is 0 Å². The first kappa shape index (κ1) is 14.2. The molecule has 0 aliphatic carbocycles. The van der Waals surface area contributed by atoms with E-state index >= 15 is 0 Å². The van der Waals surface area contributed by atoms with Crippen LogP contribution in [-0.2, 0) is 11.2 Å². The fourth-order valence-corrected chi connectivity index (χ4v) is 1.53. The number of carbonyl (C=O) groups excluding carboxylic acids is 2. The van der Waals surface area contributed by atoms with Gasteiger partial charge < -0.3 is 10.6 Å². The van der Waals surface area contributed by atoms with Crippen molar-refractivity contribution in [1.29, 1.82) is 0 Å². The summed E-state index contributed by atoms with van der Waals surface area (Å²) >= 11 is 0. The maximum atomic E-state index is 11.7. The molecule has 0 aliphatic heterocycles. The molecule has 1 rings (SSSR count). The summed E-state index contributed by atoms with van der Waals surface area (Å²) in [6.45, 7) is 5.82. The number of rotatable bonds is 5. The van der Waals surface area contributed by atoms with Gasteiger partial charge in [0.25, 0.3) is 5.91 Å². The van der Waals surface area contributed by atoms with Crippen molar-refractivity contribution in [1.82, 2.24) is 10.6 Å². The Morgan fingerprint density at radius 2 is 1.78 bits per heavy atom. The van der Waals surface area contributed by atoms with Crippen molar-refractivity contribution in [3.63, 3.8) is 0 Å². The largest absolute Gasteiger partial charge is 0.352 e. The SMILES string of the molecule is CCc1ccc(C(=O)NCC(=O)NC(C)C)cc1. The number of amides is 2. The van der Waals surface area contributed by atoms with Crippen LogP contribution in [0, 0.1) is 0 Å². The van der Waals surface area contributed by atoms with E-state index in [-0.39, 0.29) is 24.4 Å². The van der Waals surface area contributed by atoms with Gasteiger partial charge in [-0.3, -0.25) is 9.59 Å². The van der Waals surface area contributed by atoms with Gasteiger partial charge in [0.15, 0.2) is 0 Å². The van der Waals surface area contributed by atoms with Crippen LogP contribution in [0.5, 0.6) is 0 Å². The predicted molar refractivity (Wildman–Crippen MR) is 71.4 cm³/mol. The molecule has 0 aromatic heterocycles. The van der Waals surface area contributed by atoms with E-state index in [9.17, 15) is 9.59 Å². The monoisotopic (exact) mass is 248 g/mol. The number of hydrogen-bond donors (Lipinski definition) is 2. The van der Waals surface area contributed by atoms with Crippen LogP contribution in [0.2, 0.25) is 0 Å². The third-order valence-corrected chi connectivity index (χ3v) is 2.48. The summed E-state index contributed by atoms with van der Waals surface area (Å²) in [4.78, 5) is 23.1. The molecule has 0 unspecified atom stereocenters. The molecule has 0 radical (unpaired) electrons. The zero-order chi connectivity index (χ0) is 13.5. The molecule has 0 bridgehead atoms. The lowest BCUT2D eigenvalue weighted by Crippen LogP contribution is -2.39. The highest BCUT2D eigenvalue weighted by molar-refractivity contribution is 5.96. The average molecular weight is 248 g/mol. The second-order valence-corrected chi connectivity index (χ2v) is 4.46. The zero-order valence-corrected chi connectivity index (χ0v) is 11.1. The Labute approximate surface area is 108 Å². The lowest BCUT2D eigenvalue weighted by molar-refractivity contribution is -0.120. The first-order valence-corrected chi connectivity index (χ1v) is 6.19. The van der Waals surface area contributed by atoms with Crippen molar-refractivity contribution in [2.45, 2.75) is 33.2 Å². The standard InChI is InChI=1S/C14H20N2O2/c1-4-11-5-7-12(8-6-11)14(18)15-9-13(17)16-10(2)3/h5-8,10H,4,9H2,1-3H3,(H,15,18)(H,16,17). The zero-order valence-electron chi connectivity index (χ0n) is 11.1. The smallest absolute Gasteiger partial charge is 0.251 e. The number of aryl methyl sites for hydroxylation is 1. The Morgan fingerprint density at radius 3 is 2.28 bits per heavy atom. The van der Waals surface area contributed by atoms with Gasteiger partial charge in [-0.1, -0.05) is 19.1 Å². The van der Waals surface area contributed by atoms with E-state index in [4.69, 9.17) is 0 Å². The van der Waals surface area contributed by atoms with E-state index in [0.717, 1.165) is 6.42 Å². The third-order valence-electron chi connectivity index (χ3n) is 2.48. The van der Waals surface area contributed by atoms with Crippen molar-refractivity contribution in [2.24, 2.45) is 0 Å². The van der Waals surface area contributed by atoms with Gasteiger partial charge in [-0.15, -0.1) is 0 Å². The molecule has 4 nitrogen and oxygen atoms in total. The van der Waals surface area contributed by atoms with Crippen LogP contribution < -0.4 is 10.6 Å². The van der Waals surface area contributed by atoms with Crippen LogP contribution in [0.1, 0.15) is 36.7 Å². The summed E-state index contributed by atoms with van der Waals surface area (Å²) in [7, 11) is 0. The Hall–Kier alpha value is -1.84. The maximum Gasteiger partial charge on any atom is 0.251 e. The predicted octanol–water partition coefficient (Wildman–Crippen LogP) is 1.50. The maximum absolute atomic E-state index is 11.7. The van der Waals surface area contributed by atoms with Crippen molar-refractivity contribution in [3.05, 3.63) is 35.4 Å². The highest BCUT2D eigenvalue weighted by Crippen LogP contribution is 2.04. The molecule has 0 aliphatic rings. The second-order valence-electron chi connectivity index (χ2n) is 4.46. The fourth-order valence-electron chi connectivity index (χ4n) is 1.53. The van der Waals surface area contributed by atoms with Crippen LogP contribution in [0.15, 0.2) is 24.3 Å². The van der Waals surface area contributed by atoms with E-state index in [1.807, 2.05) is 26.0 Å². The lowest BCUT2D eigenvalue weighted by Gasteiger charge is -2.09. The summed E-state index contributed by atoms with van der Waals surface area (Å²) < 4.78 is 0. The molecule has 0 spiro atoms. The minimum absolute atomic E-state index is 0.00649. The molecular weight excluding hydrogens is 228 g/mol. The molecule has 2 N–H and O–H groups in total. The van der Waals surface area contributed by atoms with E-state index in [1.54, 1.807) is 12.1 Å². The molecule has 98 valence electrons. The summed E-state index contributed by atoms with van der Waals surface area (Å²) in [6, 6.07) is 7.47. The molecule has 1 aromatic rings. The van der Waals surface area contributed by atoms with Crippen molar-refractivity contribution >= 4 is 11.8 Å². The van der Waals surface area contributed by atoms with Gasteiger partial charge in [0.05, 0.1) is 6.54 Å². The minimum atomic E-state index is -0.225. The topological polar surface area (TPSA) is 58.2 Å². The van der Waals surface area contributed by atoms with Crippen LogP contribution in [0.4, 0.5) is 0 Å². The summed E-state index contributed by atoms with van der Waals surface area (Å²) in [5.41, 5.74) is 1.76. The van der Waals surface area contributed by atoms with Crippen molar-refractivity contribution in [2.75, 3.05) is 6.54 Å². The Kier molecular flexibility index (Phi) is 5.36. The molecule has 0 heterocycles. The van der Waals surface area contributed by atoms with Gasteiger partial charge in [-0.05, 0) is 38.0 Å². The average Bonchev–Trinajstić information content (AvgIpc) is 2.35. The van der Waals surface area contributed by atoms with E-state index in [1.165, 1.54) is 5.56 Å². The molecule has 1 aromatic carbocycles. The van der Waals surface area contributed by atoms with E-state index in [0.29, 0.717) is 5.56 Å². The number of hydrogen-bond acceptors (Lipinski definition) is 2. The van der Waals surface area contributed by atoms with E-state index in [2.05, 4.69) is 17.6 Å². The van der Waals surface area contributed by atoms with Gasteiger partial charge in [-0.2, -0.15) is 0 Å². The van der Waals surface area contributed by atoms with Crippen LogP contribution in [-0.4, -0.2) is 24.4 Å². The Bertz CT molecular complexity index is 410. The lowest BCUT2D eigenvalue weighted by atomic mass is 10.1. The normalized spacial score (nSPS) is 10.2. The summed E-state index contributed by atoms with van der Waals surface area (Å²) in [5, 5.41) is 5.30. The molecule has 18 heavy (non-hydrogen) atoms. The van der Waals surface area contributed by atoms with Gasteiger partial charge in [-0.25, -0.2) is 0 Å². The van der Waals surface area contributed by atoms with Crippen molar-refractivity contribution < 1.29 is 9.59 Å². The third kappa shape index (κ3) is 4.57. The molecular formula is C14H20N2O2. The number of benzene rings is 1. The molecule has 4 heteroatoms. The van der Waals surface area contributed by atoms with Gasteiger partial charge in [0, 0.05) is 11.6 Å². The molecule has 0 atom stereocenters. The molecule has 0 saturated carbocycles. The second kappa shape index (κ2) is 6.79. The molecule has 2 amide bonds. The number of nitrogens with one attached hydrogen (secondary N) is 2. The number of carbonyl (C=O) groups is 2. The first-order valence-electron chi connectivity index (χ1n) is 6.19. The fraction of sp³-hybridized carbons (Fsp3) is 0.429. The Morgan fingerprint density at radius 1 is 1.17 bits per heavy atom. The van der Waals surface area contributed by atoms with Gasteiger partial charge >= 0.3 is 0 Å². The van der Waals surface area contributed by atoms with Crippen LogP contribution in [0.3, 0.4) is 0 Å². The summed E-state index contributed by atoms with van der Waals surface area (Å²) in [6.07, 6.45) is 0.943.